The van der Waals surface area contributed by atoms with Gasteiger partial charge in [-0.25, -0.2) is 0 Å². The maximum absolute atomic E-state index is 12.6. The molecule has 0 saturated carbocycles. The first kappa shape index (κ1) is 21.9. The highest BCUT2D eigenvalue weighted by atomic mass is 16.7. The van der Waals surface area contributed by atoms with Gasteiger partial charge in [-0.15, -0.1) is 0 Å². The number of ether oxygens (including phenoxy) is 3. The standard InChI is InChI=1S/C26H24N2O6/c29-24-15-32-14-21(28(24)13-17-4-2-1-3-5-17)25(30)18-6-9-20(10-7-18)27-26(31)19-8-11-22-23(12-19)34-16-33-22/h1-12,21,25,30H,13-16H2,(H,27,31)/t21-,25-/m1/s1. The van der Waals surface area contributed by atoms with Crippen molar-refractivity contribution >= 4 is 17.5 Å². The Kier molecular flexibility index (Phi) is 6.16. The molecule has 3 aromatic carbocycles. The molecule has 0 aromatic heterocycles. The summed E-state index contributed by atoms with van der Waals surface area (Å²) in [4.78, 5) is 26.8. The lowest BCUT2D eigenvalue weighted by Crippen LogP contribution is -2.51. The predicted molar refractivity (Wildman–Crippen MR) is 124 cm³/mol. The Morgan fingerprint density at radius 2 is 1.79 bits per heavy atom. The number of anilines is 1. The fourth-order valence-corrected chi connectivity index (χ4v) is 4.10. The second kappa shape index (κ2) is 9.54. The zero-order chi connectivity index (χ0) is 23.5. The monoisotopic (exact) mass is 460 g/mol. The first-order chi connectivity index (χ1) is 16.6. The van der Waals surface area contributed by atoms with Crippen LogP contribution in [-0.4, -0.2) is 47.9 Å². The molecule has 0 bridgehead atoms. The highest BCUT2D eigenvalue weighted by Crippen LogP contribution is 2.33. The van der Waals surface area contributed by atoms with Gasteiger partial charge in [0.25, 0.3) is 5.91 Å². The summed E-state index contributed by atoms with van der Waals surface area (Å²) in [6.45, 7) is 0.780. The number of carbonyl (C=O) groups is 2. The van der Waals surface area contributed by atoms with Crippen LogP contribution < -0.4 is 14.8 Å². The maximum atomic E-state index is 12.6. The van der Waals surface area contributed by atoms with Crippen LogP contribution >= 0.6 is 0 Å². The van der Waals surface area contributed by atoms with Gasteiger partial charge < -0.3 is 29.5 Å². The number of carbonyl (C=O) groups excluding carboxylic acids is 2. The van der Waals surface area contributed by atoms with Crippen LogP contribution in [0.3, 0.4) is 0 Å². The second-order valence-corrected chi connectivity index (χ2v) is 8.18. The molecule has 0 aliphatic carbocycles. The first-order valence-electron chi connectivity index (χ1n) is 11.0. The molecule has 34 heavy (non-hydrogen) atoms. The van der Waals surface area contributed by atoms with Gasteiger partial charge in [0.2, 0.25) is 12.7 Å². The fraction of sp³-hybridized carbons (Fsp3) is 0.231. The number of rotatable bonds is 6. The molecule has 0 radical (unpaired) electrons. The topological polar surface area (TPSA) is 97.3 Å². The molecule has 2 aliphatic rings. The minimum absolute atomic E-state index is 0.000875. The molecule has 8 heteroatoms. The number of aliphatic hydroxyl groups excluding tert-OH is 1. The van der Waals surface area contributed by atoms with Crippen molar-refractivity contribution in [2.75, 3.05) is 25.3 Å². The second-order valence-electron chi connectivity index (χ2n) is 8.18. The van der Waals surface area contributed by atoms with Crippen LogP contribution in [0.15, 0.2) is 72.8 Å². The zero-order valence-corrected chi connectivity index (χ0v) is 18.3. The van der Waals surface area contributed by atoms with Gasteiger partial charge in [0, 0.05) is 17.8 Å². The van der Waals surface area contributed by atoms with Crippen LogP contribution in [-0.2, 0) is 16.1 Å². The minimum Gasteiger partial charge on any atom is -0.454 e. The van der Waals surface area contributed by atoms with Crippen LogP contribution in [0.5, 0.6) is 11.5 Å². The maximum Gasteiger partial charge on any atom is 0.255 e. The van der Waals surface area contributed by atoms with Crippen molar-refractivity contribution < 1.29 is 28.9 Å². The van der Waals surface area contributed by atoms with E-state index in [-0.39, 0.29) is 31.8 Å². The third kappa shape index (κ3) is 4.59. The van der Waals surface area contributed by atoms with Crippen molar-refractivity contribution in [2.24, 2.45) is 0 Å². The van der Waals surface area contributed by atoms with Gasteiger partial charge in [0.15, 0.2) is 11.5 Å². The van der Waals surface area contributed by atoms with Crippen LogP contribution in [0.1, 0.15) is 27.6 Å². The highest BCUT2D eigenvalue weighted by Gasteiger charge is 2.34. The number of benzene rings is 3. The van der Waals surface area contributed by atoms with Crippen molar-refractivity contribution in [3.63, 3.8) is 0 Å². The van der Waals surface area contributed by atoms with E-state index >= 15 is 0 Å². The van der Waals surface area contributed by atoms with Gasteiger partial charge in [0.05, 0.1) is 12.6 Å². The average Bonchev–Trinajstić information content (AvgIpc) is 3.34. The van der Waals surface area contributed by atoms with Crippen molar-refractivity contribution in [1.29, 1.82) is 0 Å². The molecule has 5 rings (SSSR count). The highest BCUT2D eigenvalue weighted by molar-refractivity contribution is 6.04. The van der Waals surface area contributed by atoms with E-state index in [9.17, 15) is 14.7 Å². The van der Waals surface area contributed by atoms with Gasteiger partial charge in [0.1, 0.15) is 12.7 Å². The quantitative estimate of drug-likeness (QED) is 0.587. The number of hydrogen-bond donors (Lipinski definition) is 2. The van der Waals surface area contributed by atoms with E-state index in [1.165, 1.54) is 0 Å². The Hall–Kier alpha value is -3.88. The molecular weight excluding hydrogens is 436 g/mol. The SMILES string of the molecule is O=C(Nc1ccc([C@@H](O)[C@H]2COCC(=O)N2Cc2ccccc2)cc1)c1ccc2c(c1)OCO2. The summed E-state index contributed by atoms with van der Waals surface area (Å²) in [5, 5.41) is 13.9. The Bertz CT molecular complexity index is 1180. The van der Waals surface area contributed by atoms with Gasteiger partial charge in [-0.1, -0.05) is 42.5 Å². The van der Waals surface area contributed by atoms with Crippen LogP contribution in [0.2, 0.25) is 0 Å². The largest absolute Gasteiger partial charge is 0.454 e. The van der Waals surface area contributed by atoms with Crippen molar-refractivity contribution in [3.8, 4) is 11.5 Å². The van der Waals surface area contributed by atoms with Crippen LogP contribution in [0, 0.1) is 0 Å². The van der Waals surface area contributed by atoms with E-state index in [0.717, 1.165) is 5.56 Å². The number of hydrogen-bond acceptors (Lipinski definition) is 6. The van der Waals surface area contributed by atoms with Gasteiger partial charge in [-0.3, -0.25) is 9.59 Å². The summed E-state index contributed by atoms with van der Waals surface area (Å²) < 4.78 is 16.0. The lowest BCUT2D eigenvalue weighted by molar-refractivity contribution is -0.155. The van der Waals surface area contributed by atoms with E-state index in [1.54, 1.807) is 47.4 Å². The Labute approximate surface area is 196 Å². The van der Waals surface area contributed by atoms with Crippen molar-refractivity contribution in [3.05, 3.63) is 89.5 Å². The molecule has 3 aromatic rings. The molecule has 2 amide bonds. The Morgan fingerprint density at radius 1 is 1.03 bits per heavy atom. The number of morpholine rings is 1. The van der Waals surface area contributed by atoms with Crippen molar-refractivity contribution in [1.82, 2.24) is 4.90 Å². The van der Waals surface area contributed by atoms with E-state index in [4.69, 9.17) is 14.2 Å². The van der Waals surface area contributed by atoms with Gasteiger partial charge >= 0.3 is 0 Å². The smallest absolute Gasteiger partial charge is 0.255 e. The lowest BCUT2D eigenvalue weighted by Gasteiger charge is -2.38. The minimum atomic E-state index is -0.938. The molecule has 1 fully saturated rings. The molecule has 8 nitrogen and oxygen atoms in total. The molecule has 2 N–H and O–H groups in total. The molecule has 2 heterocycles. The van der Waals surface area contributed by atoms with Crippen LogP contribution in [0.4, 0.5) is 5.69 Å². The fourth-order valence-electron chi connectivity index (χ4n) is 4.10. The summed E-state index contributed by atoms with van der Waals surface area (Å²) in [6, 6.07) is 21.1. The predicted octanol–water partition coefficient (Wildman–Crippen LogP) is 3.13. The number of fused-ring (bicyclic) bond motifs is 1. The Balaban J connectivity index is 1.27. The van der Waals surface area contributed by atoms with E-state index in [2.05, 4.69) is 5.32 Å². The summed E-state index contributed by atoms with van der Waals surface area (Å²) >= 11 is 0. The van der Waals surface area contributed by atoms with Crippen LogP contribution in [0.25, 0.3) is 0 Å². The summed E-state index contributed by atoms with van der Waals surface area (Å²) in [6.07, 6.45) is -0.938. The molecule has 0 spiro atoms. The number of aliphatic hydroxyl groups is 1. The lowest BCUT2D eigenvalue weighted by atomic mass is 9.99. The summed E-state index contributed by atoms with van der Waals surface area (Å²) in [7, 11) is 0. The Morgan fingerprint density at radius 3 is 2.59 bits per heavy atom. The first-order valence-corrected chi connectivity index (χ1v) is 11.0. The average molecular weight is 460 g/mol. The molecule has 174 valence electrons. The normalized spacial score (nSPS) is 18.0. The summed E-state index contributed by atoms with van der Waals surface area (Å²) in [5.41, 5.74) is 2.64. The van der Waals surface area contributed by atoms with E-state index in [1.807, 2.05) is 30.3 Å². The van der Waals surface area contributed by atoms with Gasteiger partial charge in [-0.05, 0) is 41.5 Å². The number of amides is 2. The third-order valence-electron chi connectivity index (χ3n) is 5.94. The number of nitrogens with zero attached hydrogens (tertiary/aromatic N) is 1. The van der Waals surface area contributed by atoms with Crippen molar-refractivity contribution in [2.45, 2.75) is 18.7 Å². The number of nitrogens with one attached hydrogen (secondary N) is 1. The molecule has 2 atom stereocenters. The third-order valence-corrected chi connectivity index (χ3v) is 5.94. The van der Waals surface area contributed by atoms with E-state index in [0.29, 0.717) is 34.9 Å². The molecular formula is C26H24N2O6. The zero-order valence-electron chi connectivity index (χ0n) is 18.3. The molecule has 1 saturated heterocycles. The molecule has 0 unspecified atom stereocenters. The summed E-state index contributed by atoms with van der Waals surface area (Å²) in [5.74, 6) is 0.704. The van der Waals surface area contributed by atoms with E-state index < -0.39 is 12.1 Å². The molecule has 2 aliphatic heterocycles. The van der Waals surface area contributed by atoms with Gasteiger partial charge in [-0.2, -0.15) is 0 Å².